The minimum atomic E-state index is -0.766. The molecular formula is C20H20FN3O3. The Morgan fingerprint density at radius 3 is 2.96 bits per heavy atom. The van der Waals surface area contributed by atoms with Gasteiger partial charge in [-0.25, -0.2) is 4.39 Å². The Morgan fingerprint density at radius 2 is 2.19 bits per heavy atom. The van der Waals surface area contributed by atoms with E-state index in [1.807, 2.05) is 11.0 Å². The molecule has 1 aliphatic carbocycles. The van der Waals surface area contributed by atoms with Crippen LogP contribution < -0.4 is 0 Å². The molecule has 2 saturated heterocycles. The molecular weight excluding hydrogens is 349 g/mol. The van der Waals surface area contributed by atoms with Crippen LogP contribution in [0, 0.1) is 5.82 Å². The highest BCUT2D eigenvalue weighted by molar-refractivity contribution is 5.89. The number of halogens is 1. The largest absolute Gasteiger partial charge is 0.373 e. The standard InChI is InChI=1S/C20H20FN3O3/c21-14-3-1-2-13(8-14)12-26-15-9-20(10-15)19(25)24-17(4-5-18(24)27-20)16-11-22-6-7-23-16/h1-3,6-8,11,15,17-18H,4-5,9-10,12H2/t15?,17-,18+,20?/m0/s1. The van der Waals surface area contributed by atoms with Gasteiger partial charge in [-0.05, 0) is 30.5 Å². The molecule has 5 rings (SSSR count). The van der Waals surface area contributed by atoms with Gasteiger partial charge in [0.25, 0.3) is 5.91 Å². The molecule has 0 radical (unpaired) electrons. The van der Waals surface area contributed by atoms with Crippen molar-refractivity contribution in [2.75, 3.05) is 0 Å². The molecule has 2 aliphatic heterocycles. The number of benzene rings is 1. The second kappa shape index (κ2) is 6.35. The van der Waals surface area contributed by atoms with Crippen molar-refractivity contribution >= 4 is 5.91 Å². The third-order valence-corrected chi connectivity index (χ3v) is 5.73. The van der Waals surface area contributed by atoms with E-state index in [0.717, 1.165) is 24.1 Å². The molecule has 7 heteroatoms. The number of fused-ring (bicyclic) bond motifs is 1. The molecule has 6 nitrogen and oxygen atoms in total. The molecule has 3 aliphatic rings. The number of hydrogen-bond donors (Lipinski definition) is 0. The van der Waals surface area contributed by atoms with Crippen molar-refractivity contribution in [1.29, 1.82) is 0 Å². The Balaban J connectivity index is 1.23. The molecule has 2 aromatic rings. The number of carbonyl (C=O) groups is 1. The lowest BCUT2D eigenvalue weighted by molar-refractivity contribution is -0.177. The third-order valence-electron chi connectivity index (χ3n) is 5.73. The molecule has 3 fully saturated rings. The summed E-state index contributed by atoms with van der Waals surface area (Å²) in [5.74, 6) is -0.238. The maximum atomic E-state index is 13.3. The Hall–Kier alpha value is -2.38. The van der Waals surface area contributed by atoms with Gasteiger partial charge >= 0.3 is 0 Å². The summed E-state index contributed by atoms with van der Waals surface area (Å²) in [6.07, 6.45) is 7.50. The Bertz CT molecular complexity index is 857. The molecule has 140 valence electrons. The van der Waals surface area contributed by atoms with Gasteiger partial charge in [-0.3, -0.25) is 14.8 Å². The van der Waals surface area contributed by atoms with Crippen molar-refractivity contribution in [3.05, 3.63) is 59.9 Å². The second-order valence-corrected chi connectivity index (χ2v) is 7.47. The molecule has 1 saturated carbocycles. The van der Waals surface area contributed by atoms with Crippen molar-refractivity contribution in [3.8, 4) is 0 Å². The number of aromatic nitrogens is 2. The second-order valence-electron chi connectivity index (χ2n) is 7.47. The van der Waals surface area contributed by atoms with Gasteiger partial charge in [0.15, 0.2) is 5.60 Å². The Labute approximate surface area is 156 Å². The average Bonchev–Trinajstić information content (AvgIpc) is 3.18. The first-order valence-electron chi connectivity index (χ1n) is 9.27. The average molecular weight is 369 g/mol. The number of ether oxygens (including phenoxy) is 2. The minimum Gasteiger partial charge on any atom is -0.373 e. The first-order valence-corrected chi connectivity index (χ1v) is 9.27. The molecule has 1 spiro atoms. The van der Waals surface area contributed by atoms with Gasteiger partial charge in [0, 0.05) is 25.2 Å². The van der Waals surface area contributed by atoms with E-state index in [1.54, 1.807) is 24.7 Å². The fraction of sp³-hybridized carbons (Fsp3) is 0.450. The molecule has 0 unspecified atom stereocenters. The molecule has 1 aromatic heterocycles. The Kier molecular flexibility index (Phi) is 3.94. The Morgan fingerprint density at radius 1 is 1.30 bits per heavy atom. The smallest absolute Gasteiger partial charge is 0.257 e. The van der Waals surface area contributed by atoms with Crippen LogP contribution in [0.1, 0.15) is 43.0 Å². The van der Waals surface area contributed by atoms with Crippen molar-refractivity contribution in [3.63, 3.8) is 0 Å². The van der Waals surface area contributed by atoms with Crippen LogP contribution in [0.4, 0.5) is 4.39 Å². The topological polar surface area (TPSA) is 64.6 Å². The monoisotopic (exact) mass is 369 g/mol. The van der Waals surface area contributed by atoms with Crippen molar-refractivity contribution < 1.29 is 18.7 Å². The molecule has 27 heavy (non-hydrogen) atoms. The summed E-state index contributed by atoms with van der Waals surface area (Å²) in [5.41, 5.74) is 0.836. The summed E-state index contributed by atoms with van der Waals surface area (Å²) in [6.45, 7) is 0.335. The lowest BCUT2D eigenvalue weighted by Crippen LogP contribution is -2.54. The van der Waals surface area contributed by atoms with Crippen LogP contribution in [0.3, 0.4) is 0 Å². The van der Waals surface area contributed by atoms with E-state index in [4.69, 9.17) is 9.47 Å². The van der Waals surface area contributed by atoms with Crippen molar-refractivity contribution in [1.82, 2.24) is 14.9 Å². The van der Waals surface area contributed by atoms with E-state index < -0.39 is 5.60 Å². The van der Waals surface area contributed by atoms with Gasteiger partial charge in [0.05, 0.1) is 30.6 Å². The van der Waals surface area contributed by atoms with Crippen LogP contribution in [-0.2, 0) is 20.9 Å². The highest BCUT2D eigenvalue weighted by Gasteiger charge is 2.63. The van der Waals surface area contributed by atoms with Crippen LogP contribution in [0.5, 0.6) is 0 Å². The predicted molar refractivity (Wildman–Crippen MR) is 92.7 cm³/mol. The lowest BCUT2D eigenvalue weighted by Gasteiger charge is -2.42. The van der Waals surface area contributed by atoms with Crippen LogP contribution in [-0.4, -0.2) is 38.7 Å². The lowest BCUT2D eigenvalue weighted by atomic mass is 9.76. The number of rotatable bonds is 4. The highest BCUT2D eigenvalue weighted by atomic mass is 19.1. The summed E-state index contributed by atoms with van der Waals surface area (Å²) in [4.78, 5) is 23.4. The van der Waals surface area contributed by atoms with Crippen molar-refractivity contribution in [2.45, 2.75) is 56.3 Å². The maximum absolute atomic E-state index is 13.3. The zero-order valence-electron chi connectivity index (χ0n) is 14.8. The minimum absolute atomic E-state index is 0.0336. The van der Waals surface area contributed by atoms with E-state index in [2.05, 4.69) is 9.97 Å². The number of hydrogen-bond acceptors (Lipinski definition) is 5. The van der Waals surface area contributed by atoms with Gasteiger partial charge < -0.3 is 14.4 Å². The van der Waals surface area contributed by atoms with Gasteiger partial charge in [-0.15, -0.1) is 0 Å². The normalized spacial score (nSPS) is 32.0. The summed E-state index contributed by atoms with van der Waals surface area (Å²) in [6, 6.07) is 6.31. The third kappa shape index (κ3) is 2.82. The van der Waals surface area contributed by atoms with Crippen LogP contribution in [0.2, 0.25) is 0 Å². The van der Waals surface area contributed by atoms with E-state index >= 15 is 0 Å². The van der Waals surface area contributed by atoms with Crippen LogP contribution in [0.25, 0.3) is 0 Å². The number of nitrogens with zero attached hydrogens (tertiary/aromatic N) is 3. The van der Waals surface area contributed by atoms with Gasteiger partial charge in [0.1, 0.15) is 12.0 Å². The summed E-state index contributed by atoms with van der Waals surface area (Å²) in [5, 5.41) is 0. The summed E-state index contributed by atoms with van der Waals surface area (Å²) < 4.78 is 25.3. The SMILES string of the molecule is O=C1N2[C@@H](CC[C@H]2c2cnccn2)OC12CC(OCc1cccc(F)c1)C2. The zero-order chi connectivity index (χ0) is 18.4. The van der Waals surface area contributed by atoms with E-state index in [-0.39, 0.29) is 30.1 Å². The van der Waals surface area contributed by atoms with E-state index in [1.165, 1.54) is 12.1 Å². The van der Waals surface area contributed by atoms with Gasteiger partial charge in [0.2, 0.25) is 0 Å². The summed E-state index contributed by atoms with van der Waals surface area (Å²) in [7, 11) is 0. The molecule has 2 atom stereocenters. The molecule has 1 amide bonds. The van der Waals surface area contributed by atoms with E-state index in [9.17, 15) is 9.18 Å². The first-order chi connectivity index (χ1) is 13.1. The van der Waals surface area contributed by atoms with Crippen molar-refractivity contribution in [2.24, 2.45) is 0 Å². The fourth-order valence-electron chi connectivity index (χ4n) is 4.39. The molecule has 3 heterocycles. The predicted octanol–water partition coefficient (Wildman–Crippen LogP) is 2.75. The number of amides is 1. The first kappa shape index (κ1) is 16.8. The van der Waals surface area contributed by atoms with Crippen LogP contribution in [0.15, 0.2) is 42.9 Å². The van der Waals surface area contributed by atoms with Gasteiger partial charge in [-0.2, -0.15) is 0 Å². The zero-order valence-corrected chi connectivity index (χ0v) is 14.8. The summed E-state index contributed by atoms with van der Waals surface area (Å²) >= 11 is 0. The van der Waals surface area contributed by atoms with E-state index in [0.29, 0.717) is 19.4 Å². The fourth-order valence-corrected chi connectivity index (χ4v) is 4.39. The quantitative estimate of drug-likeness (QED) is 0.829. The number of carbonyl (C=O) groups excluding carboxylic acids is 1. The van der Waals surface area contributed by atoms with Gasteiger partial charge in [-0.1, -0.05) is 12.1 Å². The van der Waals surface area contributed by atoms with Crippen LogP contribution >= 0.6 is 0 Å². The molecule has 1 aromatic carbocycles. The maximum Gasteiger partial charge on any atom is 0.257 e. The highest BCUT2D eigenvalue weighted by Crippen LogP contribution is 2.51. The molecule has 0 bridgehead atoms. The molecule has 0 N–H and O–H groups in total.